The molecular formula is C11H13N3. The van der Waals surface area contributed by atoms with Gasteiger partial charge in [-0.25, -0.2) is 0 Å². The highest BCUT2D eigenvalue weighted by Gasteiger charge is 2.03. The summed E-state index contributed by atoms with van der Waals surface area (Å²) in [6.45, 7) is 2.14. The fourth-order valence-corrected chi connectivity index (χ4v) is 1.48. The largest absolute Gasteiger partial charge is 0.384 e. The molecule has 0 atom stereocenters. The molecule has 0 saturated carbocycles. The molecule has 0 unspecified atom stereocenters. The molecule has 0 fully saturated rings. The van der Waals surface area contributed by atoms with Crippen LogP contribution in [0.2, 0.25) is 0 Å². The Bertz CT molecular complexity index is 432. The lowest BCUT2D eigenvalue weighted by Crippen LogP contribution is -1.88. The molecule has 1 aromatic heterocycles. The summed E-state index contributed by atoms with van der Waals surface area (Å²) < 4.78 is 0. The zero-order valence-corrected chi connectivity index (χ0v) is 8.12. The van der Waals surface area contributed by atoms with Crippen molar-refractivity contribution < 1.29 is 0 Å². The van der Waals surface area contributed by atoms with Gasteiger partial charge in [-0.15, -0.1) is 0 Å². The van der Waals surface area contributed by atoms with Crippen LogP contribution in [0.15, 0.2) is 30.5 Å². The van der Waals surface area contributed by atoms with Gasteiger partial charge in [0.15, 0.2) is 0 Å². The number of hydrogen-bond acceptors (Lipinski definition) is 2. The highest BCUT2D eigenvalue weighted by molar-refractivity contribution is 5.73. The average molecular weight is 187 g/mol. The van der Waals surface area contributed by atoms with E-state index in [0.717, 1.165) is 17.5 Å². The van der Waals surface area contributed by atoms with Crippen molar-refractivity contribution in [2.24, 2.45) is 0 Å². The lowest BCUT2D eigenvalue weighted by Gasteiger charge is -2.01. The Morgan fingerprint density at radius 3 is 2.93 bits per heavy atom. The molecule has 0 spiro atoms. The van der Waals surface area contributed by atoms with Crippen LogP contribution in [0.1, 0.15) is 12.5 Å². The van der Waals surface area contributed by atoms with Crippen LogP contribution in [0.4, 0.5) is 5.82 Å². The SMILES string of the molecule is CCc1cccc(-c2cn[nH]c2N)c1. The third-order valence-corrected chi connectivity index (χ3v) is 2.32. The number of rotatable bonds is 2. The molecule has 0 aliphatic rings. The molecule has 3 nitrogen and oxygen atoms in total. The van der Waals surface area contributed by atoms with Gasteiger partial charge in [0.05, 0.1) is 6.20 Å². The molecule has 1 aromatic carbocycles. The van der Waals surface area contributed by atoms with Crippen molar-refractivity contribution in [3.05, 3.63) is 36.0 Å². The third kappa shape index (κ3) is 1.48. The summed E-state index contributed by atoms with van der Waals surface area (Å²) in [6, 6.07) is 8.34. The number of aromatic nitrogens is 2. The molecule has 3 heteroatoms. The highest BCUT2D eigenvalue weighted by Crippen LogP contribution is 2.24. The summed E-state index contributed by atoms with van der Waals surface area (Å²) in [5.41, 5.74) is 9.15. The average Bonchev–Trinajstić information content (AvgIpc) is 2.65. The summed E-state index contributed by atoms with van der Waals surface area (Å²) in [4.78, 5) is 0. The van der Waals surface area contributed by atoms with Gasteiger partial charge in [0.2, 0.25) is 0 Å². The highest BCUT2D eigenvalue weighted by atomic mass is 15.1. The number of nitrogens with zero attached hydrogens (tertiary/aromatic N) is 1. The van der Waals surface area contributed by atoms with Crippen LogP contribution in [-0.4, -0.2) is 10.2 Å². The van der Waals surface area contributed by atoms with Crippen molar-refractivity contribution in [2.75, 3.05) is 5.73 Å². The Labute approximate surface area is 83.0 Å². The molecule has 2 rings (SSSR count). The van der Waals surface area contributed by atoms with Gasteiger partial charge in [-0.2, -0.15) is 5.10 Å². The molecule has 1 heterocycles. The summed E-state index contributed by atoms with van der Waals surface area (Å²) in [7, 11) is 0. The number of hydrogen-bond donors (Lipinski definition) is 2. The molecule has 0 aliphatic carbocycles. The minimum atomic E-state index is 0.623. The fraction of sp³-hybridized carbons (Fsp3) is 0.182. The molecule has 3 N–H and O–H groups in total. The van der Waals surface area contributed by atoms with Crippen LogP contribution in [-0.2, 0) is 6.42 Å². The van der Waals surface area contributed by atoms with Gasteiger partial charge in [0.1, 0.15) is 5.82 Å². The van der Waals surface area contributed by atoms with Crippen molar-refractivity contribution in [2.45, 2.75) is 13.3 Å². The topological polar surface area (TPSA) is 54.7 Å². The van der Waals surface area contributed by atoms with Crippen molar-refractivity contribution in [1.29, 1.82) is 0 Å². The summed E-state index contributed by atoms with van der Waals surface area (Å²) >= 11 is 0. The van der Waals surface area contributed by atoms with Crippen LogP contribution >= 0.6 is 0 Å². The predicted molar refractivity (Wildman–Crippen MR) is 57.8 cm³/mol. The Kier molecular flexibility index (Phi) is 2.23. The molecule has 0 saturated heterocycles. The van der Waals surface area contributed by atoms with Gasteiger partial charge in [-0.3, -0.25) is 5.10 Å². The second-order valence-corrected chi connectivity index (χ2v) is 3.25. The number of aromatic amines is 1. The first-order valence-electron chi connectivity index (χ1n) is 4.69. The van der Waals surface area contributed by atoms with E-state index >= 15 is 0 Å². The van der Waals surface area contributed by atoms with Crippen molar-refractivity contribution in [1.82, 2.24) is 10.2 Å². The standard InChI is InChI=1S/C11H13N3/c1-2-8-4-3-5-9(6-8)10-7-13-14-11(10)12/h3-7H,2H2,1H3,(H3,12,13,14). The number of benzene rings is 1. The summed E-state index contributed by atoms with van der Waals surface area (Å²) in [5, 5.41) is 6.64. The Balaban J connectivity index is 2.47. The zero-order chi connectivity index (χ0) is 9.97. The Hall–Kier alpha value is -1.77. The number of nitrogen functional groups attached to an aromatic ring is 1. The van der Waals surface area contributed by atoms with Gasteiger partial charge >= 0.3 is 0 Å². The van der Waals surface area contributed by atoms with Crippen LogP contribution < -0.4 is 5.73 Å². The summed E-state index contributed by atoms with van der Waals surface area (Å²) in [6.07, 6.45) is 2.79. The molecule has 2 aromatic rings. The van der Waals surface area contributed by atoms with E-state index in [4.69, 9.17) is 5.73 Å². The second kappa shape index (κ2) is 3.54. The fourth-order valence-electron chi connectivity index (χ4n) is 1.48. The van der Waals surface area contributed by atoms with E-state index in [-0.39, 0.29) is 0 Å². The van der Waals surface area contributed by atoms with Gasteiger partial charge in [-0.1, -0.05) is 31.2 Å². The maximum atomic E-state index is 5.75. The molecule has 0 aliphatic heterocycles. The molecule has 72 valence electrons. The van der Waals surface area contributed by atoms with Crippen molar-refractivity contribution in [3.8, 4) is 11.1 Å². The van der Waals surface area contributed by atoms with Crippen LogP contribution in [0.25, 0.3) is 11.1 Å². The smallest absolute Gasteiger partial charge is 0.126 e. The number of nitrogens with one attached hydrogen (secondary N) is 1. The maximum Gasteiger partial charge on any atom is 0.126 e. The van der Waals surface area contributed by atoms with E-state index in [1.807, 2.05) is 12.1 Å². The quantitative estimate of drug-likeness (QED) is 0.757. The monoisotopic (exact) mass is 187 g/mol. The summed E-state index contributed by atoms with van der Waals surface area (Å²) in [5.74, 6) is 0.623. The van der Waals surface area contributed by atoms with Gasteiger partial charge in [-0.05, 0) is 17.5 Å². The number of aryl methyl sites for hydroxylation is 1. The lowest BCUT2D eigenvalue weighted by molar-refractivity contribution is 1.10. The van der Waals surface area contributed by atoms with E-state index in [1.165, 1.54) is 5.56 Å². The molecule has 0 radical (unpaired) electrons. The zero-order valence-electron chi connectivity index (χ0n) is 8.12. The Morgan fingerprint density at radius 1 is 1.43 bits per heavy atom. The van der Waals surface area contributed by atoms with E-state index in [0.29, 0.717) is 5.82 Å². The van der Waals surface area contributed by atoms with E-state index in [1.54, 1.807) is 6.20 Å². The first kappa shape index (κ1) is 8.81. The molecule has 0 amide bonds. The van der Waals surface area contributed by atoms with Crippen molar-refractivity contribution >= 4 is 5.82 Å². The van der Waals surface area contributed by atoms with Crippen LogP contribution in [0.5, 0.6) is 0 Å². The minimum absolute atomic E-state index is 0.623. The van der Waals surface area contributed by atoms with Crippen molar-refractivity contribution in [3.63, 3.8) is 0 Å². The predicted octanol–water partition coefficient (Wildman–Crippen LogP) is 2.22. The van der Waals surface area contributed by atoms with E-state index in [9.17, 15) is 0 Å². The molecule has 14 heavy (non-hydrogen) atoms. The van der Waals surface area contributed by atoms with Crippen LogP contribution in [0, 0.1) is 0 Å². The van der Waals surface area contributed by atoms with E-state index < -0.39 is 0 Å². The van der Waals surface area contributed by atoms with Gasteiger partial charge in [0, 0.05) is 5.56 Å². The molecular weight excluding hydrogens is 174 g/mol. The lowest BCUT2D eigenvalue weighted by atomic mass is 10.0. The second-order valence-electron chi connectivity index (χ2n) is 3.25. The van der Waals surface area contributed by atoms with E-state index in [2.05, 4.69) is 29.3 Å². The minimum Gasteiger partial charge on any atom is -0.384 e. The van der Waals surface area contributed by atoms with Gasteiger partial charge in [0.25, 0.3) is 0 Å². The van der Waals surface area contributed by atoms with Crippen LogP contribution in [0.3, 0.4) is 0 Å². The first-order valence-corrected chi connectivity index (χ1v) is 4.69. The van der Waals surface area contributed by atoms with Gasteiger partial charge < -0.3 is 5.73 Å². The molecule has 0 bridgehead atoms. The maximum absolute atomic E-state index is 5.75. The number of H-pyrrole nitrogens is 1. The third-order valence-electron chi connectivity index (χ3n) is 2.32. The number of nitrogens with two attached hydrogens (primary N) is 1. The normalized spacial score (nSPS) is 10.4. The first-order chi connectivity index (χ1) is 6.81. The Morgan fingerprint density at radius 2 is 2.29 bits per heavy atom. The number of anilines is 1.